The lowest BCUT2D eigenvalue weighted by atomic mass is 9.89. The first kappa shape index (κ1) is 13.0. The van der Waals surface area contributed by atoms with Crippen LogP contribution in [0.1, 0.15) is 11.1 Å². The van der Waals surface area contributed by atoms with Gasteiger partial charge in [-0.2, -0.15) is 0 Å². The summed E-state index contributed by atoms with van der Waals surface area (Å²) in [4.78, 5) is 2.31. The van der Waals surface area contributed by atoms with Crippen molar-refractivity contribution >= 4 is 5.69 Å². The van der Waals surface area contributed by atoms with Gasteiger partial charge in [0.2, 0.25) is 0 Å². The first-order chi connectivity index (χ1) is 9.70. The molecule has 0 radical (unpaired) electrons. The molecule has 1 aliphatic heterocycles. The average molecular weight is 268 g/mol. The molecule has 0 aliphatic carbocycles. The van der Waals surface area contributed by atoms with Gasteiger partial charge in [0, 0.05) is 24.3 Å². The number of rotatable bonds is 2. The number of fused-ring (bicyclic) bond motifs is 1. The first-order valence-corrected chi connectivity index (χ1v) is 6.93. The molecule has 0 bridgehead atoms. The van der Waals surface area contributed by atoms with Crippen molar-refractivity contribution in [1.29, 1.82) is 0 Å². The molecular formula is C17H20N2O. The maximum atomic E-state index is 6.16. The molecule has 0 spiro atoms. The topological polar surface area (TPSA) is 38.5 Å². The number of methoxy groups -OCH3 is 1. The molecule has 0 saturated heterocycles. The number of nitrogens with two attached hydrogens (primary N) is 1. The summed E-state index contributed by atoms with van der Waals surface area (Å²) in [5, 5.41) is 0. The van der Waals surface area contributed by atoms with Gasteiger partial charge in [-0.05, 0) is 42.3 Å². The number of hydrogen-bond donors (Lipinski definition) is 1. The zero-order valence-electron chi connectivity index (χ0n) is 12.0. The molecule has 2 aromatic carbocycles. The minimum absolute atomic E-state index is 0.894. The molecule has 1 aliphatic rings. The summed E-state index contributed by atoms with van der Waals surface area (Å²) in [6.07, 6.45) is 1.03. The van der Waals surface area contributed by atoms with Crippen LogP contribution >= 0.6 is 0 Å². The minimum Gasteiger partial charge on any atom is -0.496 e. The Bertz CT molecular complexity index is 637. The van der Waals surface area contributed by atoms with Crippen LogP contribution in [0.2, 0.25) is 0 Å². The van der Waals surface area contributed by atoms with Crippen LogP contribution in [0, 0.1) is 0 Å². The molecule has 1 heterocycles. The van der Waals surface area contributed by atoms with E-state index in [0.717, 1.165) is 36.5 Å². The fourth-order valence-corrected chi connectivity index (χ4v) is 2.95. The predicted octanol–water partition coefficient (Wildman–Crippen LogP) is 2.93. The molecule has 0 saturated carbocycles. The normalized spacial score (nSPS) is 14.9. The Morgan fingerprint density at radius 3 is 2.65 bits per heavy atom. The quantitative estimate of drug-likeness (QED) is 0.851. The largest absolute Gasteiger partial charge is 0.496 e. The van der Waals surface area contributed by atoms with Crippen molar-refractivity contribution in [2.45, 2.75) is 13.0 Å². The monoisotopic (exact) mass is 268 g/mol. The number of likely N-dealkylation sites (N-methyl/N-ethyl adjacent to an activating group) is 1. The van der Waals surface area contributed by atoms with Gasteiger partial charge in [-0.1, -0.05) is 24.3 Å². The second-order valence-corrected chi connectivity index (χ2v) is 5.35. The predicted molar refractivity (Wildman–Crippen MR) is 82.9 cm³/mol. The smallest absolute Gasteiger partial charge is 0.126 e. The summed E-state index contributed by atoms with van der Waals surface area (Å²) in [6.45, 7) is 1.99. The molecule has 3 nitrogen and oxygen atoms in total. The molecule has 0 amide bonds. The van der Waals surface area contributed by atoms with Gasteiger partial charge in [0.05, 0.1) is 7.11 Å². The van der Waals surface area contributed by atoms with Crippen LogP contribution in [-0.2, 0) is 13.0 Å². The van der Waals surface area contributed by atoms with Crippen LogP contribution in [0.5, 0.6) is 5.75 Å². The van der Waals surface area contributed by atoms with Gasteiger partial charge in [0.1, 0.15) is 5.75 Å². The van der Waals surface area contributed by atoms with E-state index in [4.69, 9.17) is 10.5 Å². The summed E-state index contributed by atoms with van der Waals surface area (Å²) in [7, 11) is 3.86. The number of nitrogen functional groups attached to an aromatic ring is 1. The molecule has 0 atom stereocenters. The molecule has 3 heteroatoms. The minimum atomic E-state index is 0.894. The Morgan fingerprint density at radius 2 is 1.85 bits per heavy atom. The average Bonchev–Trinajstić information content (AvgIpc) is 2.48. The van der Waals surface area contributed by atoms with Crippen molar-refractivity contribution in [1.82, 2.24) is 4.90 Å². The van der Waals surface area contributed by atoms with Crippen LogP contribution in [0.3, 0.4) is 0 Å². The lowest BCUT2D eigenvalue weighted by molar-refractivity contribution is 0.314. The number of nitrogens with zero attached hydrogens (tertiary/aromatic N) is 1. The lowest BCUT2D eigenvalue weighted by Gasteiger charge is -2.28. The Kier molecular flexibility index (Phi) is 3.36. The third kappa shape index (κ3) is 2.14. The van der Waals surface area contributed by atoms with Crippen LogP contribution in [0.4, 0.5) is 5.69 Å². The third-order valence-corrected chi connectivity index (χ3v) is 4.04. The summed E-state index contributed by atoms with van der Waals surface area (Å²) < 4.78 is 5.50. The maximum Gasteiger partial charge on any atom is 0.126 e. The van der Waals surface area contributed by atoms with Gasteiger partial charge in [-0.15, -0.1) is 0 Å². The molecule has 0 aromatic heterocycles. The summed E-state index contributed by atoms with van der Waals surface area (Å²) in [5.41, 5.74) is 12.1. The highest BCUT2D eigenvalue weighted by atomic mass is 16.5. The Balaban J connectivity index is 2.18. The van der Waals surface area contributed by atoms with E-state index >= 15 is 0 Å². The standard InChI is InChI=1S/C17H20N2O/c1-19-10-9-13-12(7-8-16(18)15(13)11-19)14-5-3-4-6-17(14)20-2/h3-8H,9-11,18H2,1-2H3. The van der Waals surface area contributed by atoms with Crippen LogP contribution in [-0.4, -0.2) is 25.6 Å². The maximum absolute atomic E-state index is 6.16. The van der Waals surface area contributed by atoms with Crippen LogP contribution in [0.15, 0.2) is 36.4 Å². The van der Waals surface area contributed by atoms with E-state index in [1.54, 1.807) is 7.11 Å². The molecule has 2 N–H and O–H groups in total. The highest BCUT2D eigenvalue weighted by Crippen LogP contribution is 2.37. The van der Waals surface area contributed by atoms with Crippen molar-refractivity contribution in [2.24, 2.45) is 0 Å². The Morgan fingerprint density at radius 1 is 1.05 bits per heavy atom. The fraction of sp³-hybridized carbons (Fsp3) is 0.294. The zero-order chi connectivity index (χ0) is 14.1. The van der Waals surface area contributed by atoms with Crippen molar-refractivity contribution in [2.75, 3.05) is 26.4 Å². The van der Waals surface area contributed by atoms with Crippen molar-refractivity contribution in [3.8, 4) is 16.9 Å². The van der Waals surface area contributed by atoms with Crippen molar-refractivity contribution in [3.05, 3.63) is 47.5 Å². The number of para-hydroxylation sites is 1. The molecular weight excluding hydrogens is 248 g/mol. The van der Waals surface area contributed by atoms with E-state index in [-0.39, 0.29) is 0 Å². The lowest BCUT2D eigenvalue weighted by Crippen LogP contribution is -2.27. The van der Waals surface area contributed by atoms with Gasteiger partial charge >= 0.3 is 0 Å². The molecule has 2 aromatic rings. The SMILES string of the molecule is COc1ccccc1-c1ccc(N)c2c1CCN(C)C2. The van der Waals surface area contributed by atoms with Gasteiger partial charge in [0.25, 0.3) is 0 Å². The molecule has 20 heavy (non-hydrogen) atoms. The van der Waals surface area contributed by atoms with E-state index in [2.05, 4.69) is 30.1 Å². The highest BCUT2D eigenvalue weighted by Gasteiger charge is 2.20. The molecule has 104 valence electrons. The number of anilines is 1. The second-order valence-electron chi connectivity index (χ2n) is 5.35. The van der Waals surface area contributed by atoms with E-state index in [1.807, 2.05) is 18.2 Å². The van der Waals surface area contributed by atoms with Crippen molar-refractivity contribution in [3.63, 3.8) is 0 Å². The number of ether oxygens (including phenoxy) is 1. The van der Waals surface area contributed by atoms with E-state index < -0.39 is 0 Å². The first-order valence-electron chi connectivity index (χ1n) is 6.93. The number of hydrogen-bond acceptors (Lipinski definition) is 3. The summed E-state index contributed by atoms with van der Waals surface area (Å²) >= 11 is 0. The molecule has 0 fully saturated rings. The van der Waals surface area contributed by atoms with Crippen LogP contribution < -0.4 is 10.5 Å². The van der Waals surface area contributed by atoms with Gasteiger partial charge in [0.15, 0.2) is 0 Å². The zero-order valence-corrected chi connectivity index (χ0v) is 12.0. The highest BCUT2D eigenvalue weighted by molar-refractivity contribution is 5.77. The van der Waals surface area contributed by atoms with E-state index in [0.29, 0.717) is 0 Å². The summed E-state index contributed by atoms with van der Waals surface area (Å²) in [5.74, 6) is 0.915. The van der Waals surface area contributed by atoms with Gasteiger partial charge in [-0.3, -0.25) is 0 Å². The van der Waals surface area contributed by atoms with Gasteiger partial charge < -0.3 is 15.4 Å². The number of benzene rings is 2. The Hall–Kier alpha value is -2.00. The third-order valence-electron chi connectivity index (χ3n) is 4.04. The van der Waals surface area contributed by atoms with E-state index in [1.165, 1.54) is 16.7 Å². The fourth-order valence-electron chi connectivity index (χ4n) is 2.95. The van der Waals surface area contributed by atoms with E-state index in [9.17, 15) is 0 Å². The summed E-state index contributed by atoms with van der Waals surface area (Å²) in [6, 6.07) is 12.3. The molecule has 3 rings (SSSR count). The molecule has 0 unspecified atom stereocenters. The van der Waals surface area contributed by atoms with Crippen molar-refractivity contribution < 1.29 is 4.74 Å². The Labute approximate surface area is 120 Å². The van der Waals surface area contributed by atoms with Crippen LogP contribution in [0.25, 0.3) is 11.1 Å². The van der Waals surface area contributed by atoms with Gasteiger partial charge in [-0.25, -0.2) is 0 Å². The second kappa shape index (κ2) is 5.17.